The van der Waals surface area contributed by atoms with Gasteiger partial charge in [0.05, 0.1) is 14.2 Å². The summed E-state index contributed by atoms with van der Waals surface area (Å²) >= 11 is 0. The number of aliphatic hydroxyl groups is 1. The number of aliphatic hydroxyl groups excluding tert-OH is 1. The van der Waals surface area contributed by atoms with Crippen molar-refractivity contribution < 1.29 is 19.4 Å². The summed E-state index contributed by atoms with van der Waals surface area (Å²) in [6.45, 7) is 0.391. The molecule has 1 aromatic carbocycles. The lowest BCUT2D eigenvalue weighted by Gasteiger charge is -2.17. The number of rotatable bonds is 8. The maximum absolute atomic E-state index is 12.0. The molecule has 8 nitrogen and oxygen atoms in total. The smallest absolute Gasteiger partial charge is 0.315 e. The molecular formula is C19H26N4O4. The summed E-state index contributed by atoms with van der Waals surface area (Å²) in [6.07, 6.45) is 0.769. The number of nitrogens with zero attached hydrogens (tertiary/aromatic N) is 2. The Balaban J connectivity index is 1.89. The molecule has 27 heavy (non-hydrogen) atoms. The fraction of sp³-hybridized carbons (Fsp3) is 0.368. The lowest BCUT2D eigenvalue weighted by atomic mass is 10.1. The number of methoxy groups -OCH3 is 2. The molecule has 0 aliphatic carbocycles. The van der Waals surface area contributed by atoms with Crippen LogP contribution in [0.25, 0.3) is 0 Å². The molecule has 8 heteroatoms. The molecule has 1 unspecified atom stereocenters. The van der Waals surface area contributed by atoms with Gasteiger partial charge in [0.2, 0.25) is 0 Å². The molecule has 2 amide bonds. The molecule has 0 saturated heterocycles. The SMILES string of the molecule is COc1ccc(OC)c(C(O)CNC(=O)NCc2ccnc(N(C)C)c2)c1. The van der Waals surface area contributed by atoms with Crippen molar-refractivity contribution in [2.75, 3.05) is 39.8 Å². The largest absolute Gasteiger partial charge is 0.497 e. The number of aromatic nitrogens is 1. The minimum Gasteiger partial charge on any atom is -0.497 e. The van der Waals surface area contributed by atoms with E-state index in [2.05, 4.69) is 15.6 Å². The van der Waals surface area contributed by atoms with Gasteiger partial charge in [-0.1, -0.05) is 0 Å². The average Bonchev–Trinajstić information content (AvgIpc) is 2.70. The van der Waals surface area contributed by atoms with Gasteiger partial charge >= 0.3 is 6.03 Å². The number of hydrogen-bond acceptors (Lipinski definition) is 6. The Morgan fingerprint density at radius 3 is 2.63 bits per heavy atom. The molecule has 3 N–H and O–H groups in total. The summed E-state index contributed by atoms with van der Waals surface area (Å²) in [6, 6.07) is 8.50. The fourth-order valence-electron chi connectivity index (χ4n) is 2.46. The molecule has 2 rings (SSSR count). The van der Waals surface area contributed by atoms with E-state index in [4.69, 9.17) is 9.47 Å². The Labute approximate surface area is 159 Å². The van der Waals surface area contributed by atoms with Gasteiger partial charge in [-0.15, -0.1) is 0 Å². The average molecular weight is 374 g/mol. The van der Waals surface area contributed by atoms with E-state index in [9.17, 15) is 9.90 Å². The van der Waals surface area contributed by atoms with Gasteiger partial charge in [-0.05, 0) is 35.9 Å². The Morgan fingerprint density at radius 1 is 1.19 bits per heavy atom. The highest BCUT2D eigenvalue weighted by Crippen LogP contribution is 2.29. The number of anilines is 1. The number of carbonyl (C=O) groups is 1. The first-order chi connectivity index (χ1) is 12.9. The Hall–Kier alpha value is -3.00. The van der Waals surface area contributed by atoms with Crippen molar-refractivity contribution >= 4 is 11.8 Å². The van der Waals surface area contributed by atoms with Crippen molar-refractivity contribution in [3.05, 3.63) is 47.7 Å². The molecule has 2 aromatic rings. The summed E-state index contributed by atoms with van der Waals surface area (Å²) in [4.78, 5) is 18.2. The third kappa shape index (κ3) is 5.75. The van der Waals surface area contributed by atoms with Crippen molar-refractivity contribution in [3.8, 4) is 11.5 Å². The Morgan fingerprint density at radius 2 is 1.96 bits per heavy atom. The van der Waals surface area contributed by atoms with Crippen molar-refractivity contribution in [2.24, 2.45) is 0 Å². The molecule has 0 bridgehead atoms. The topological polar surface area (TPSA) is 95.9 Å². The van der Waals surface area contributed by atoms with E-state index in [1.54, 1.807) is 31.5 Å². The van der Waals surface area contributed by atoms with Crippen LogP contribution in [0.3, 0.4) is 0 Å². The quantitative estimate of drug-likeness (QED) is 0.651. The number of pyridine rings is 1. The van der Waals surface area contributed by atoms with Gasteiger partial charge in [-0.3, -0.25) is 0 Å². The molecule has 1 heterocycles. The second kappa shape index (κ2) is 9.63. The number of nitrogens with one attached hydrogen (secondary N) is 2. The van der Waals surface area contributed by atoms with E-state index in [0.717, 1.165) is 11.4 Å². The first kappa shape index (κ1) is 20.3. The predicted octanol–water partition coefficient (Wildman–Crippen LogP) is 1.70. The van der Waals surface area contributed by atoms with Crippen LogP contribution in [0.2, 0.25) is 0 Å². The van der Waals surface area contributed by atoms with E-state index in [1.165, 1.54) is 7.11 Å². The highest BCUT2D eigenvalue weighted by atomic mass is 16.5. The number of carbonyl (C=O) groups excluding carboxylic acids is 1. The maximum Gasteiger partial charge on any atom is 0.315 e. The highest BCUT2D eigenvalue weighted by Gasteiger charge is 2.15. The zero-order valence-corrected chi connectivity index (χ0v) is 16.0. The van der Waals surface area contributed by atoms with Crippen LogP contribution < -0.4 is 25.0 Å². The molecule has 0 fully saturated rings. The van der Waals surface area contributed by atoms with Crippen molar-refractivity contribution in [1.29, 1.82) is 0 Å². The summed E-state index contributed by atoms with van der Waals surface area (Å²) in [5, 5.41) is 15.8. The molecule has 0 aliphatic heterocycles. The van der Waals surface area contributed by atoms with Crippen molar-refractivity contribution in [1.82, 2.24) is 15.6 Å². The molecular weight excluding hydrogens is 348 g/mol. The van der Waals surface area contributed by atoms with E-state index in [-0.39, 0.29) is 12.6 Å². The monoisotopic (exact) mass is 374 g/mol. The van der Waals surface area contributed by atoms with Gasteiger partial charge in [0.25, 0.3) is 0 Å². The minimum absolute atomic E-state index is 0.0364. The van der Waals surface area contributed by atoms with Crippen molar-refractivity contribution in [2.45, 2.75) is 12.6 Å². The molecule has 0 saturated carbocycles. The molecule has 1 atom stereocenters. The zero-order valence-electron chi connectivity index (χ0n) is 16.0. The molecule has 146 valence electrons. The number of benzene rings is 1. The van der Waals surface area contributed by atoms with Crippen molar-refractivity contribution in [3.63, 3.8) is 0 Å². The third-order valence-electron chi connectivity index (χ3n) is 3.97. The van der Waals surface area contributed by atoms with E-state index >= 15 is 0 Å². The predicted molar refractivity (Wildman–Crippen MR) is 103 cm³/mol. The highest BCUT2D eigenvalue weighted by molar-refractivity contribution is 5.73. The standard InChI is InChI=1S/C19H26N4O4/c1-23(2)18-9-13(7-8-20-18)11-21-19(25)22-12-16(24)15-10-14(26-3)5-6-17(15)27-4/h5-10,16,24H,11-12H2,1-4H3,(H2,21,22,25). The Bertz CT molecular complexity index is 767. The van der Waals surface area contributed by atoms with Gasteiger partial charge in [-0.25, -0.2) is 9.78 Å². The maximum atomic E-state index is 12.0. The van der Waals surface area contributed by atoms with Gasteiger partial charge in [0.15, 0.2) is 0 Å². The van der Waals surface area contributed by atoms with Gasteiger partial charge in [0.1, 0.15) is 23.4 Å². The van der Waals surface area contributed by atoms with E-state index < -0.39 is 6.10 Å². The Kier molecular flexibility index (Phi) is 7.25. The summed E-state index contributed by atoms with van der Waals surface area (Å²) in [5.41, 5.74) is 1.47. The van der Waals surface area contributed by atoms with Crippen LogP contribution >= 0.6 is 0 Å². The first-order valence-corrected chi connectivity index (χ1v) is 8.48. The van der Waals surface area contributed by atoms with E-state index in [1.807, 2.05) is 31.1 Å². The van der Waals surface area contributed by atoms with Gasteiger partial charge < -0.3 is 30.1 Å². The van der Waals surface area contributed by atoms with Crippen LogP contribution in [0, 0.1) is 0 Å². The third-order valence-corrected chi connectivity index (χ3v) is 3.97. The van der Waals surface area contributed by atoms with Crippen LogP contribution in [0.4, 0.5) is 10.6 Å². The van der Waals surface area contributed by atoms with Crippen LogP contribution in [-0.4, -0.2) is 51.0 Å². The van der Waals surface area contributed by atoms with Gasteiger partial charge in [0, 0.05) is 38.9 Å². The fourth-order valence-corrected chi connectivity index (χ4v) is 2.46. The number of ether oxygens (including phenoxy) is 2. The van der Waals surface area contributed by atoms with Crippen LogP contribution in [0.5, 0.6) is 11.5 Å². The molecule has 0 radical (unpaired) electrons. The van der Waals surface area contributed by atoms with Gasteiger partial charge in [-0.2, -0.15) is 0 Å². The lowest BCUT2D eigenvalue weighted by Crippen LogP contribution is -2.37. The lowest BCUT2D eigenvalue weighted by molar-refractivity contribution is 0.169. The first-order valence-electron chi connectivity index (χ1n) is 8.48. The van der Waals surface area contributed by atoms with Crippen LogP contribution in [-0.2, 0) is 6.54 Å². The molecule has 0 spiro atoms. The number of amides is 2. The molecule has 1 aromatic heterocycles. The summed E-state index contributed by atoms with van der Waals surface area (Å²) < 4.78 is 10.4. The normalized spacial score (nSPS) is 11.4. The number of urea groups is 1. The summed E-state index contributed by atoms with van der Waals surface area (Å²) in [5.74, 6) is 1.94. The second-order valence-corrected chi connectivity index (χ2v) is 6.10. The molecule has 0 aliphatic rings. The van der Waals surface area contributed by atoms with Crippen LogP contribution in [0.15, 0.2) is 36.5 Å². The minimum atomic E-state index is -0.929. The summed E-state index contributed by atoms with van der Waals surface area (Å²) in [7, 11) is 6.88. The van der Waals surface area contributed by atoms with Crippen LogP contribution in [0.1, 0.15) is 17.2 Å². The zero-order chi connectivity index (χ0) is 19.8. The second-order valence-electron chi connectivity index (χ2n) is 6.10. The van der Waals surface area contributed by atoms with E-state index in [0.29, 0.717) is 23.6 Å². The number of hydrogen-bond donors (Lipinski definition) is 3.